The lowest BCUT2D eigenvalue weighted by atomic mass is 9.99. The van der Waals surface area contributed by atoms with Gasteiger partial charge in [0.05, 0.1) is 16.6 Å². The Bertz CT molecular complexity index is 1540. The molecule has 2 aliphatic rings. The molecule has 0 bridgehead atoms. The van der Waals surface area contributed by atoms with Crippen LogP contribution in [0.5, 0.6) is 5.75 Å². The zero-order valence-electron chi connectivity index (χ0n) is 23.0. The predicted molar refractivity (Wildman–Crippen MR) is 151 cm³/mol. The molecule has 0 atom stereocenters. The molecule has 2 aliphatic heterocycles. The zero-order chi connectivity index (χ0) is 27.1. The second-order valence-electron chi connectivity index (χ2n) is 10.5. The number of fused-ring (bicyclic) bond motifs is 2. The normalized spacial score (nSPS) is 16.6. The number of aromatic nitrogens is 4. The van der Waals surface area contributed by atoms with Crippen LogP contribution < -0.4 is 15.0 Å². The van der Waals surface area contributed by atoms with E-state index < -0.39 is 0 Å². The van der Waals surface area contributed by atoms with Crippen LogP contribution >= 0.6 is 0 Å². The van der Waals surface area contributed by atoms with Crippen LogP contribution in [0.1, 0.15) is 35.3 Å². The van der Waals surface area contributed by atoms with E-state index in [4.69, 9.17) is 19.4 Å². The van der Waals surface area contributed by atoms with Crippen molar-refractivity contribution in [1.82, 2.24) is 30.0 Å². The van der Waals surface area contributed by atoms with E-state index >= 15 is 0 Å². The van der Waals surface area contributed by atoms with Gasteiger partial charge in [-0.25, -0.2) is 9.97 Å². The molecule has 0 aliphatic carbocycles. The molecular weight excluding hydrogens is 494 g/mol. The van der Waals surface area contributed by atoms with E-state index in [2.05, 4.69) is 32.3 Å². The molecule has 10 heteroatoms. The Morgan fingerprint density at radius 2 is 1.92 bits per heavy atom. The highest BCUT2D eigenvalue weighted by molar-refractivity contribution is 6.06. The van der Waals surface area contributed by atoms with Gasteiger partial charge in [0.15, 0.2) is 12.6 Å². The third-order valence-electron chi connectivity index (χ3n) is 8.02. The summed E-state index contributed by atoms with van der Waals surface area (Å²) in [6, 6.07) is 8.82. The number of nitrogens with zero attached hydrogens (tertiary/aromatic N) is 6. The average Bonchev–Trinajstić information content (AvgIpc) is 3.31. The average molecular weight is 530 g/mol. The van der Waals surface area contributed by atoms with Crippen LogP contribution in [0.4, 0.5) is 5.69 Å². The molecule has 10 nitrogen and oxygen atoms in total. The van der Waals surface area contributed by atoms with E-state index in [1.54, 1.807) is 18.8 Å². The molecular formula is C29H35N7O3. The van der Waals surface area contributed by atoms with E-state index in [0.717, 1.165) is 53.5 Å². The molecule has 0 unspecified atom stereocenters. The van der Waals surface area contributed by atoms with Crippen LogP contribution in [0.25, 0.3) is 33.2 Å². The summed E-state index contributed by atoms with van der Waals surface area (Å²) >= 11 is 0. The second-order valence-corrected chi connectivity index (χ2v) is 10.5. The molecule has 2 aromatic heterocycles. The van der Waals surface area contributed by atoms with Crippen molar-refractivity contribution in [1.29, 1.82) is 0 Å². The van der Waals surface area contributed by atoms with Crippen molar-refractivity contribution in [3.63, 3.8) is 0 Å². The van der Waals surface area contributed by atoms with Gasteiger partial charge in [0.25, 0.3) is 5.91 Å². The number of methoxy groups -OCH3 is 1. The molecule has 39 heavy (non-hydrogen) atoms. The Labute approximate surface area is 227 Å². The van der Waals surface area contributed by atoms with Gasteiger partial charge < -0.3 is 24.6 Å². The summed E-state index contributed by atoms with van der Waals surface area (Å²) in [5.74, 6) is 0.756. The van der Waals surface area contributed by atoms with E-state index in [0.29, 0.717) is 34.4 Å². The highest BCUT2D eigenvalue weighted by Crippen LogP contribution is 2.38. The fourth-order valence-electron chi connectivity index (χ4n) is 5.82. The standard InChI is InChI=1S/C29H35N7O3/c1-18-25-19(16-34(3)33-25)14-23(27(18)39-17-38-4)28-31-24-7-6-21(15-22(24)26(32-28)29(37)30-2)36-12-8-20(9-13-36)35-10-5-11-35/h6-7,14-16,20H,5,8-13,17H2,1-4H3,(H,30,37). The lowest BCUT2D eigenvalue weighted by Crippen LogP contribution is -2.50. The fraction of sp³-hybridized carbons (Fsp3) is 0.448. The smallest absolute Gasteiger partial charge is 0.270 e. The van der Waals surface area contributed by atoms with E-state index in [-0.39, 0.29) is 12.7 Å². The van der Waals surface area contributed by atoms with Crippen LogP contribution in [0.15, 0.2) is 30.5 Å². The maximum absolute atomic E-state index is 13.1. The number of aryl methyl sites for hydroxylation is 2. The van der Waals surface area contributed by atoms with Gasteiger partial charge in [0.2, 0.25) is 0 Å². The molecule has 6 rings (SSSR count). The first kappa shape index (κ1) is 25.5. The van der Waals surface area contributed by atoms with Gasteiger partial charge in [0.1, 0.15) is 11.4 Å². The summed E-state index contributed by atoms with van der Waals surface area (Å²) in [5.41, 5.74) is 4.54. The van der Waals surface area contributed by atoms with Gasteiger partial charge in [-0.3, -0.25) is 9.48 Å². The lowest BCUT2D eigenvalue weighted by molar-refractivity contribution is 0.0511. The quantitative estimate of drug-likeness (QED) is 0.363. The number of piperidine rings is 1. The van der Waals surface area contributed by atoms with Crippen LogP contribution in [0.2, 0.25) is 0 Å². The maximum Gasteiger partial charge on any atom is 0.270 e. The monoisotopic (exact) mass is 529 g/mol. The molecule has 2 fully saturated rings. The highest BCUT2D eigenvalue weighted by Gasteiger charge is 2.28. The van der Waals surface area contributed by atoms with Gasteiger partial charge in [-0.15, -0.1) is 0 Å². The summed E-state index contributed by atoms with van der Waals surface area (Å²) in [7, 11) is 5.09. The fourth-order valence-corrected chi connectivity index (χ4v) is 5.82. The van der Waals surface area contributed by atoms with Crippen molar-refractivity contribution in [3.05, 3.63) is 41.7 Å². The third kappa shape index (κ3) is 4.68. The number of anilines is 1. The van der Waals surface area contributed by atoms with Crippen LogP contribution in [0.3, 0.4) is 0 Å². The van der Waals surface area contributed by atoms with Crippen molar-refractivity contribution < 1.29 is 14.3 Å². The third-order valence-corrected chi connectivity index (χ3v) is 8.02. The first-order valence-electron chi connectivity index (χ1n) is 13.6. The minimum absolute atomic E-state index is 0.0693. The largest absolute Gasteiger partial charge is 0.466 e. The van der Waals surface area contributed by atoms with E-state index in [1.165, 1.54) is 19.5 Å². The number of nitrogens with one attached hydrogen (secondary N) is 1. The number of likely N-dealkylation sites (tertiary alicyclic amines) is 1. The molecule has 1 N–H and O–H groups in total. The summed E-state index contributed by atoms with van der Waals surface area (Å²) in [6.07, 6.45) is 5.60. The number of carbonyl (C=O) groups excluding carboxylic acids is 1. The molecule has 0 radical (unpaired) electrons. The zero-order valence-corrected chi connectivity index (χ0v) is 23.0. The SMILES string of the molecule is CNC(=O)c1nc(-c2cc3cn(C)nc3c(C)c2OCOC)nc2ccc(N3CCC(N4CCC4)CC3)cc12. The number of amides is 1. The van der Waals surface area contributed by atoms with Gasteiger partial charge in [0, 0.05) is 68.6 Å². The molecule has 0 saturated carbocycles. The Morgan fingerprint density at radius 3 is 2.62 bits per heavy atom. The lowest BCUT2D eigenvalue weighted by Gasteiger charge is -2.43. The van der Waals surface area contributed by atoms with Crippen LogP contribution in [0, 0.1) is 6.92 Å². The molecule has 2 saturated heterocycles. The maximum atomic E-state index is 13.1. The Kier molecular flexibility index (Phi) is 6.82. The molecule has 4 heterocycles. The van der Waals surface area contributed by atoms with Crippen molar-refractivity contribution in [2.24, 2.45) is 7.05 Å². The van der Waals surface area contributed by atoms with E-state index in [9.17, 15) is 4.79 Å². The predicted octanol–water partition coefficient (Wildman–Crippen LogP) is 3.51. The summed E-state index contributed by atoms with van der Waals surface area (Å²) in [5, 5.41) is 9.02. The number of benzene rings is 2. The molecule has 2 aromatic carbocycles. The Balaban J connectivity index is 1.42. The minimum atomic E-state index is -0.254. The number of rotatable bonds is 7. The molecule has 204 valence electrons. The van der Waals surface area contributed by atoms with Crippen molar-refractivity contribution >= 4 is 33.4 Å². The van der Waals surface area contributed by atoms with Crippen LogP contribution in [-0.2, 0) is 11.8 Å². The van der Waals surface area contributed by atoms with Crippen molar-refractivity contribution in [2.75, 3.05) is 52.0 Å². The van der Waals surface area contributed by atoms with Crippen molar-refractivity contribution in [3.8, 4) is 17.1 Å². The number of hydrogen-bond donors (Lipinski definition) is 1. The first-order chi connectivity index (χ1) is 19.0. The van der Waals surface area contributed by atoms with Gasteiger partial charge in [-0.1, -0.05) is 0 Å². The number of hydrogen-bond acceptors (Lipinski definition) is 8. The Hall–Kier alpha value is -3.76. The number of ether oxygens (including phenoxy) is 2. The van der Waals surface area contributed by atoms with Gasteiger partial charge in [-0.2, -0.15) is 5.10 Å². The molecule has 1 amide bonds. The second kappa shape index (κ2) is 10.4. The summed E-state index contributed by atoms with van der Waals surface area (Å²) in [4.78, 5) is 27.9. The first-order valence-corrected chi connectivity index (χ1v) is 13.6. The minimum Gasteiger partial charge on any atom is -0.466 e. The van der Waals surface area contributed by atoms with Crippen molar-refractivity contribution in [2.45, 2.75) is 32.2 Å². The number of carbonyl (C=O) groups is 1. The highest BCUT2D eigenvalue weighted by atomic mass is 16.7. The Morgan fingerprint density at radius 1 is 1.13 bits per heavy atom. The van der Waals surface area contributed by atoms with Gasteiger partial charge >= 0.3 is 0 Å². The van der Waals surface area contributed by atoms with E-state index in [1.807, 2.05) is 32.3 Å². The van der Waals surface area contributed by atoms with Crippen LogP contribution in [-0.4, -0.2) is 83.7 Å². The summed E-state index contributed by atoms with van der Waals surface area (Å²) < 4.78 is 13.0. The summed E-state index contributed by atoms with van der Waals surface area (Å²) in [6.45, 7) is 6.52. The topological polar surface area (TPSA) is 97.6 Å². The van der Waals surface area contributed by atoms with Gasteiger partial charge in [-0.05, 0) is 63.5 Å². The molecule has 0 spiro atoms. The molecule has 4 aromatic rings.